The van der Waals surface area contributed by atoms with Crippen molar-refractivity contribution in [2.45, 2.75) is 33.0 Å². The molecule has 1 aromatic heterocycles. The lowest BCUT2D eigenvalue weighted by Gasteiger charge is -2.28. The van der Waals surface area contributed by atoms with Crippen LogP contribution >= 0.6 is 0 Å². The highest BCUT2D eigenvalue weighted by atomic mass is 19.2. The zero-order valence-electron chi connectivity index (χ0n) is 25.1. The molecule has 0 aliphatic carbocycles. The summed E-state index contributed by atoms with van der Waals surface area (Å²) < 4.78 is 72.6. The first-order valence-electron chi connectivity index (χ1n) is 14.3. The molecule has 0 bridgehead atoms. The molecule has 15 heteroatoms. The number of carbonyl (C=O) groups excluding carboxylic acids is 3. The van der Waals surface area contributed by atoms with Crippen molar-refractivity contribution in [1.29, 1.82) is 0 Å². The summed E-state index contributed by atoms with van der Waals surface area (Å²) in [5, 5.41) is 4.73. The average molecular weight is 647 g/mol. The third-order valence-corrected chi connectivity index (χ3v) is 7.22. The Kier molecular flexibility index (Phi) is 11.0. The molecule has 2 atom stereocenters. The normalized spacial score (nSPS) is 15.2. The summed E-state index contributed by atoms with van der Waals surface area (Å²) in [4.78, 5) is 52.2. The quantitative estimate of drug-likeness (QED) is 0.177. The number of benzene rings is 2. The maximum atomic E-state index is 14.0. The van der Waals surface area contributed by atoms with Gasteiger partial charge in [0.05, 0.1) is 17.1 Å². The second kappa shape index (κ2) is 14.9. The average Bonchev–Trinajstić information content (AvgIpc) is 3.17. The molecule has 2 N–H and O–H groups in total. The fourth-order valence-electron chi connectivity index (χ4n) is 4.70. The van der Waals surface area contributed by atoms with E-state index in [0.717, 1.165) is 13.1 Å². The van der Waals surface area contributed by atoms with Gasteiger partial charge in [-0.2, -0.15) is 8.78 Å². The van der Waals surface area contributed by atoms with Gasteiger partial charge in [-0.3, -0.25) is 19.4 Å². The molecule has 10 nitrogen and oxygen atoms in total. The van der Waals surface area contributed by atoms with E-state index in [4.69, 9.17) is 0 Å². The monoisotopic (exact) mass is 646 g/mol. The smallest absolute Gasteiger partial charge is 0.272 e. The topological polar surface area (TPSA) is 116 Å². The number of rotatable bonds is 12. The number of carbonyl (C=O) groups is 3. The van der Waals surface area contributed by atoms with Crippen LogP contribution in [0.2, 0.25) is 0 Å². The Hall–Kier alpha value is -4.92. The van der Waals surface area contributed by atoms with Gasteiger partial charge in [0, 0.05) is 24.8 Å². The summed E-state index contributed by atoms with van der Waals surface area (Å²) in [5.41, 5.74) is 1.96. The highest BCUT2D eigenvalue weighted by molar-refractivity contribution is 6.19. The second-order valence-corrected chi connectivity index (χ2v) is 10.1. The van der Waals surface area contributed by atoms with Crippen molar-refractivity contribution in [3.8, 4) is 5.75 Å². The van der Waals surface area contributed by atoms with Crippen molar-refractivity contribution in [1.82, 2.24) is 20.5 Å². The van der Waals surface area contributed by atoms with E-state index in [1.54, 1.807) is 48.7 Å². The minimum Gasteiger partial charge on any atom is -0.477 e. The number of aliphatic imine (C=N–C) groups is 1. The van der Waals surface area contributed by atoms with Crippen LogP contribution in [0.4, 0.5) is 27.6 Å². The Morgan fingerprint density at radius 2 is 1.59 bits per heavy atom. The Labute approximate surface area is 261 Å². The number of aromatic nitrogens is 1. The van der Waals surface area contributed by atoms with Gasteiger partial charge < -0.3 is 25.2 Å². The number of amides is 3. The minimum absolute atomic E-state index is 0.274. The number of likely N-dealkylation sites (N-methyl/N-ethyl adjacent to an activating group) is 1. The Morgan fingerprint density at radius 3 is 2.22 bits per heavy atom. The van der Waals surface area contributed by atoms with E-state index in [-0.39, 0.29) is 6.54 Å². The lowest BCUT2D eigenvalue weighted by molar-refractivity contribution is -0.131. The zero-order chi connectivity index (χ0) is 33.5. The largest absolute Gasteiger partial charge is 0.477 e. The first kappa shape index (κ1) is 34.0. The molecule has 46 heavy (non-hydrogen) atoms. The molecule has 3 amide bonds. The number of benzodiazepines with no additional fused rings is 1. The molecule has 1 aliphatic rings. The summed E-state index contributed by atoms with van der Waals surface area (Å²) in [5.74, 6) is -15.5. The summed E-state index contributed by atoms with van der Waals surface area (Å²) in [6.07, 6.45) is 0.114. The number of pyridine rings is 1. The highest BCUT2D eigenvalue weighted by Crippen LogP contribution is 2.29. The first-order chi connectivity index (χ1) is 22.0. The molecule has 1 aliphatic heterocycles. The number of fused-ring (bicyclic) bond motifs is 1. The standard InChI is InChI=1S/C31H31F5N6O4/c1-4-41(5-2)14-15-42-20-12-7-6-10-18(20)27(19-11-8-9-13-37-19)39-29(31(42)45)40-30(44)17(3)38-21(43)16-46-28-25(35)23(33)22(32)24(34)26(28)36/h6-13,17,29H,4-5,14-16H2,1-3H3,(H,38,43)(H,40,44)/t17-,29?/m0/s1. The maximum absolute atomic E-state index is 14.0. The van der Waals surface area contributed by atoms with Crippen LogP contribution in [-0.2, 0) is 14.4 Å². The molecule has 3 aromatic rings. The number of anilines is 1. The van der Waals surface area contributed by atoms with Gasteiger partial charge in [0.25, 0.3) is 11.8 Å². The highest BCUT2D eigenvalue weighted by Gasteiger charge is 2.34. The van der Waals surface area contributed by atoms with Gasteiger partial charge in [-0.25, -0.2) is 18.2 Å². The van der Waals surface area contributed by atoms with Gasteiger partial charge in [-0.1, -0.05) is 38.1 Å². The molecule has 0 spiro atoms. The fraction of sp³-hybridized carbons (Fsp3) is 0.323. The number of nitrogens with zero attached hydrogens (tertiary/aromatic N) is 4. The number of halogens is 5. The lowest BCUT2D eigenvalue weighted by Crippen LogP contribution is -2.54. The van der Waals surface area contributed by atoms with Crippen LogP contribution in [0, 0.1) is 29.1 Å². The van der Waals surface area contributed by atoms with Gasteiger partial charge in [-0.15, -0.1) is 0 Å². The maximum Gasteiger partial charge on any atom is 0.272 e. The molecule has 0 saturated heterocycles. The molecule has 0 saturated carbocycles. The molecule has 2 heterocycles. The van der Waals surface area contributed by atoms with E-state index in [0.29, 0.717) is 29.2 Å². The van der Waals surface area contributed by atoms with Crippen LogP contribution in [0.5, 0.6) is 5.75 Å². The van der Waals surface area contributed by atoms with E-state index < -0.39 is 71.4 Å². The van der Waals surface area contributed by atoms with E-state index in [2.05, 4.69) is 30.2 Å². The molecule has 0 fully saturated rings. The molecular formula is C31H31F5N6O4. The predicted octanol–water partition coefficient (Wildman–Crippen LogP) is 3.33. The number of hydrogen-bond acceptors (Lipinski definition) is 7. The van der Waals surface area contributed by atoms with E-state index >= 15 is 0 Å². The summed E-state index contributed by atoms with van der Waals surface area (Å²) >= 11 is 0. The molecule has 4 rings (SSSR count). The predicted molar refractivity (Wildman–Crippen MR) is 158 cm³/mol. The molecule has 1 unspecified atom stereocenters. The van der Waals surface area contributed by atoms with Crippen molar-refractivity contribution in [2.24, 2.45) is 4.99 Å². The first-order valence-corrected chi connectivity index (χ1v) is 14.3. The van der Waals surface area contributed by atoms with Crippen molar-refractivity contribution in [3.63, 3.8) is 0 Å². The number of para-hydroxylation sites is 1. The molecule has 0 radical (unpaired) electrons. The Morgan fingerprint density at radius 1 is 0.957 bits per heavy atom. The van der Waals surface area contributed by atoms with Gasteiger partial charge in [0.1, 0.15) is 6.04 Å². The molecule has 244 valence electrons. The second-order valence-electron chi connectivity index (χ2n) is 10.1. The summed E-state index contributed by atoms with van der Waals surface area (Å²) in [7, 11) is 0. The Bertz CT molecular complexity index is 1610. The van der Waals surface area contributed by atoms with Crippen LogP contribution in [0.25, 0.3) is 0 Å². The van der Waals surface area contributed by atoms with Crippen molar-refractivity contribution in [3.05, 3.63) is 89.0 Å². The summed E-state index contributed by atoms with van der Waals surface area (Å²) in [6, 6.07) is 10.9. The van der Waals surface area contributed by atoms with Crippen molar-refractivity contribution >= 4 is 29.1 Å². The fourth-order valence-corrected chi connectivity index (χ4v) is 4.70. The number of ether oxygens (including phenoxy) is 1. The number of hydrogen-bond donors (Lipinski definition) is 2. The summed E-state index contributed by atoms with van der Waals surface area (Å²) in [6.45, 7) is 6.37. The third-order valence-electron chi connectivity index (χ3n) is 7.22. The zero-order valence-corrected chi connectivity index (χ0v) is 25.1. The third kappa shape index (κ3) is 7.30. The van der Waals surface area contributed by atoms with E-state index in [9.17, 15) is 36.3 Å². The van der Waals surface area contributed by atoms with Crippen molar-refractivity contribution < 1.29 is 41.1 Å². The SMILES string of the molecule is CCN(CC)CCN1C(=O)C(NC(=O)[C@H](C)NC(=O)COc2c(F)c(F)c(F)c(F)c2F)N=C(c2ccccn2)c2ccccc21. The van der Waals surface area contributed by atoms with Gasteiger partial charge >= 0.3 is 0 Å². The van der Waals surface area contributed by atoms with Crippen LogP contribution in [0.3, 0.4) is 0 Å². The van der Waals surface area contributed by atoms with Gasteiger partial charge in [0.15, 0.2) is 12.4 Å². The molecular weight excluding hydrogens is 615 g/mol. The van der Waals surface area contributed by atoms with Crippen molar-refractivity contribution in [2.75, 3.05) is 37.7 Å². The molecule has 2 aromatic carbocycles. The van der Waals surface area contributed by atoms with Crippen LogP contribution in [0.1, 0.15) is 32.0 Å². The van der Waals surface area contributed by atoms with E-state index in [1.165, 1.54) is 11.8 Å². The van der Waals surface area contributed by atoms with Crippen LogP contribution in [0.15, 0.2) is 53.7 Å². The number of nitrogens with one attached hydrogen (secondary N) is 2. The van der Waals surface area contributed by atoms with Crippen LogP contribution < -0.4 is 20.3 Å². The van der Waals surface area contributed by atoms with Gasteiger partial charge in [-0.05, 0) is 38.2 Å². The van der Waals surface area contributed by atoms with E-state index in [1.807, 2.05) is 13.8 Å². The Balaban J connectivity index is 1.55. The minimum atomic E-state index is -2.38. The van der Waals surface area contributed by atoms with Crippen LogP contribution in [-0.4, -0.2) is 78.3 Å². The lowest BCUT2D eigenvalue weighted by atomic mass is 10.0. The van der Waals surface area contributed by atoms with Gasteiger partial charge in [0.2, 0.25) is 41.2 Å².